The molecule has 0 atom stereocenters. The fourth-order valence-corrected chi connectivity index (χ4v) is 0. The molecule has 0 aromatic heterocycles. The van der Waals surface area contributed by atoms with Crippen LogP contribution in [0.15, 0.2) is 0 Å². The van der Waals surface area contributed by atoms with Gasteiger partial charge in [-0.1, -0.05) is 0 Å². The molecular weight excluding hydrogens is 376 g/mol. The van der Waals surface area contributed by atoms with Crippen LogP contribution in [0.4, 0.5) is 0 Å². The Hall–Kier alpha value is 2.43. The zero-order valence-electron chi connectivity index (χ0n) is 2.04. The molecule has 0 amide bonds. The van der Waals surface area contributed by atoms with Crippen molar-refractivity contribution < 1.29 is 42.1 Å². The summed E-state index contributed by atoms with van der Waals surface area (Å²) in [6, 6.07) is 0. The zero-order chi connectivity index (χ0) is 0. The molecule has 0 aliphatic carbocycles. The standard InChI is InChI=1S/Mo.3S.W/q;3*-2;+6. The van der Waals surface area contributed by atoms with Crippen molar-refractivity contribution in [3.8, 4) is 0 Å². The molecule has 0 nitrogen and oxygen atoms in total. The minimum atomic E-state index is 0. The first kappa shape index (κ1) is 52.1. The van der Waals surface area contributed by atoms with Crippen molar-refractivity contribution in [3.05, 3.63) is 0 Å². The van der Waals surface area contributed by atoms with E-state index < -0.39 is 0 Å². The van der Waals surface area contributed by atoms with Gasteiger partial charge in [0.25, 0.3) is 0 Å². The fourth-order valence-electron chi connectivity index (χ4n) is 0. The monoisotopic (exact) mass is 378 g/mol. The van der Waals surface area contributed by atoms with Crippen molar-refractivity contribution in [3.63, 3.8) is 0 Å². The Morgan fingerprint density at radius 3 is 0.600 bits per heavy atom. The molecule has 0 N–H and O–H groups in total. The van der Waals surface area contributed by atoms with Crippen molar-refractivity contribution in [1.82, 2.24) is 0 Å². The van der Waals surface area contributed by atoms with E-state index in [2.05, 4.69) is 0 Å². The molecule has 0 spiro atoms. The predicted molar refractivity (Wildman–Crippen MR) is 22.1 cm³/mol. The Labute approximate surface area is 81.7 Å². The SMILES string of the molecule is [Mo].[S-2].[S-2].[S-2].[W+6]. The summed E-state index contributed by atoms with van der Waals surface area (Å²) in [4.78, 5) is 0. The number of rotatable bonds is 0. The molecule has 0 fully saturated rings. The van der Waals surface area contributed by atoms with Crippen LogP contribution in [0.1, 0.15) is 0 Å². The average molecular weight is 376 g/mol. The molecule has 0 aliphatic heterocycles. The van der Waals surface area contributed by atoms with E-state index in [-0.39, 0.29) is 82.6 Å². The maximum atomic E-state index is 0. The summed E-state index contributed by atoms with van der Waals surface area (Å²) in [7, 11) is 0. The van der Waals surface area contributed by atoms with Crippen LogP contribution in [0.5, 0.6) is 0 Å². The van der Waals surface area contributed by atoms with E-state index in [0.29, 0.717) is 0 Å². The van der Waals surface area contributed by atoms with E-state index in [0.717, 1.165) is 0 Å². The van der Waals surface area contributed by atoms with Crippen molar-refractivity contribution in [1.29, 1.82) is 0 Å². The zero-order valence-corrected chi connectivity index (χ0v) is 9.43. The number of hydrogen-bond acceptors (Lipinski definition) is 0. The van der Waals surface area contributed by atoms with Gasteiger partial charge in [0.2, 0.25) is 0 Å². The molecule has 0 aromatic rings. The van der Waals surface area contributed by atoms with Crippen LogP contribution < -0.4 is 0 Å². The van der Waals surface area contributed by atoms with Crippen molar-refractivity contribution in [2.45, 2.75) is 0 Å². The minimum absolute atomic E-state index is 0. The van der Waals surface area contributed by atoms with Crippen LogP contribution in [0.25, 0.3) is 0 Å². The van der Waals surface area contributed by atoms with E-state index in [9.17, 15) is 0 Å². The number of hydrogen-bond donors (Lipinski definition) is 0. The second-order valence-electron chi connectivity index (χ2n) is 0. The third-order valence-electron chi connectivity index (χ3n) is 0. The molecule has 0 aromatic carbocycles. The fraction of sp³-hybridized carbons (Fsp3) is 0. The van der Waals surface area contributed by atoms with Crippen LogP contribution in [0, 0.1) is 0 Å². The van der Waals surface area contributed by atoms with E-state index in [1.54, 1.807) is 0 Å². The Kier molecular flexibility index (Phi) is 335. The topological polar surface area (TPSA) is 0 Å². The molecule has 5 heavy (non-hydrogen) atoms. The van der Waals surface area contributed by atoms with Crippen molar-refractivity contribution in [2.75, 3.05) is 0 Å². The van der Waals surface area contributed by atoms with Gasteiger partial charge in [-0.15, -0.1) is 0 Å². The van der Waals surface area contributed by atoms with Gasteiger partial charge in [0.05, 0.1) is 0 Å². The van der Waals surface area contributed by atoms with Gasteiger partial charge >= 0.3 is 21.1 Å². The summed E-state index contributed by atoms with van der Waals surface area (Å²) in [6.45, 7) is 0. The van der Waals surface area contributed by atoms with Crippen LogP contribution in [0.2, 0.25) is 0 Å². The van der Waals surface area contributed by atoms with Crippen LogP contribution in [-0.2, 0) is 82.6 Å². The van der Waals surface area contributed by atoms with Gasteiger partial charge in [-0.3, -0.25) is 0 Å². The second kappa shape index (κ2) is 32.1. The van der Waals surface area contributed by atoms with Crippen LogP contribution in [-0.4, -0.2) is 0 Å². The second-order valence-corrected chi connectivity index (χ2v) is 0. The maximum Gasteiger partial charge on any atom is 6.00 e. The molecular formula is MoS3W. The summed E-state index contributed by atoms with van der Waals surface area (Å²) >= 11 is 0. The van der Waals surface area contributed by atoms with E-state index in [1.807, 2.05) is 0 Å². The quantitative estimate of drug-likeness (QED) is 0.522. The normalized spacial score (nSPS) is 0. The van der Waals surface area contributed by atoms with Gasteiger partial charge in [0, 0.05) is 21.1 Å². The molecule has 0 unspecified atom stereocenters. The summed E-state index contributed by atoms with van der Waals surface area (Å²) < 4.78 is 0. The molecule has 0 saturated carbocycles. The van der Waals surface area contributed by atoms with Gasteiger partial charge in [-0.05, 0) is 0 Å². The Bertz CT molecular complexity index is 6.85. The Morgan fingerprint density at radius 1 is 0.600 bits per heavy atom. The summed E-state index contributed by atoms with van der Waals surface area (Å²) in [5.74, 6) is 0. The first-order valence-corrected chi connectivity index (χ1v) is 0. The third kappa shape index (κ3) is 21.4. The Morgan fingerprint density at radius 2 is 0.600 bits per heavy atom. The molecule has 5 heteroatoms. The maximum absolute atomic E-state index is 0. The molecule has 0 bridgehead atoms. The Balaban J connectivity index is 0. The summed E-state index contributed by atoms with van der Waals surface area (Å²) in [5.41, 5.74) is 0. The average Bonchev–Trinajstić information content (AvgIpc) is 0. The van der Waals surface area contributed by atoms with Crippen LogP contribution in [0.3, 0.4) is 0 Å². The first-order valence-electron chi connectivity index (χ1n) is 0. The molecule has 30 valence electrons. The largest absolute Gasteiger partial charge is 6.00 e. The van der Waals surface area contributed by atoms with E-state index >= 15 is 0 Å². The van der Waals surface area contributed by atoms with E-state index in [4.69, 9.17) is 0 Å². The molecule has 0 radical (unpaired) electrons. The van der Waals surface area contributed by atoms with Crippen molar-refractivity contribution >= 4 is 40.5 Å². The summed E-state index contributed by atoms with van der Waals surface area (Å²) in [6.07, 6.45) is 0. The van der Waals surface area contributed by atoms with Crippen LogP contribution >= 0.6 is 0 Å². The third-order valence-corrected chi connectivity index (χ3v) is 0. The van der Waals surface area contributed by atoms with Crippen molar-refractivity contribution in [2.24, 2.45) is 0 Å². The van der Waals surface area contributed by atoms with Gasteiger partial charge in [-0.2, -0.15) is 0 Å². The minimum Gasteiger partial charge on any atom is -2.00 e. The first-order chi connectivity index (χ1) is 0. The van der Waals surface area contributed by atoms with Gasteiger partial charge in [0.15, 0.2) is 0 Å². The predicted octanol–water partition coefficient (Wildman–Crippen LogP) is -0.0122. The molecule has 0 heterocycles. The van der Waals surface area contributed by atoms with E-state index in [1.165, 1.54) is 0 Å². The van der Waals surface area contributed by atoms with Gasteiger partial charge < -0.3 is 40.5 Å². The molecule has 0 saturated heterocycles. The molecule has 0 aliphatic rings. The van der Waals surface area contributed by atoms with Gasteiger partial charge in [-0.25, -0.2) is 0 Å². The molecule has 0 rings (SSSR count). The van der Waals surface area contributed by atoms with Gasteiger partial charge in [0.1, 0.15) is 0 Å². The smallest absolute Gasteiger partial charge is 2.00 e. The summed E-state index contributed by atoms with van der Waals surface area (Å²) in [5, 5.41) is 0.